The zero-order valence-electron chi connectivity index (χ0n) is 16.7. The van der Waals surface area contributed by atoms with Crippen LogP contribution in [0.25, 0.3) is 0 Å². The molecule has 0 aliphatic carbocycles. The molecule has 0 radical (unpaired) electrons. The predicted molar refractivity (Wildman–Crippen MR) is 117 cm³/mol. The Hall–Kier alpha value is -1.70. The molecule has 0 saturated carbocycles. The molecule has 29 heavy (non-hydrogen) atoms. The topological polar surface area (TPSA) is 90.7 Å². The van der Waals surface area contributed by atoms with Gasteiger partial charge in [-0.05, 0) is 25.0 Å². The van der Waals surface area contributed by atoms with Crippen molar-refractivity contribution in [1.29, 1.82) is 0 Å². The number of nitrogens with one attached hydrogen (secondary N) is 1. The van der Waals surface area contributed by atoms with Crippen molar-refractivity contribution in [3.05, 3.63) is 75.8 Å². The summed E-state index contributed by atoms with van der Waals surface area (Å²) in [6.07, 6.45) is 0. The van der Waals surface area contributed by atoms with Gasteiger partial charge in [0, 0.05) is 30.2 Å². The first kappa shape index (κ1) is 23.6. The molecule has 2 aromatic carbocycles. The van der Waals surface area contributed by atoms with Crippen molar-refractivity contribution in [3.63, 3.8) is 0 Å². The van der Waals surface area contributed by atoms with E-state index in [1.807, 2.05) is 36.4 Å². The number of non-ortho nitro benzene ring substituents is 1. The molecule has 0 amide bonds. The Bertz CT molecular complexity index is 812. The van der Waals surface area contributed by atoms with Gasteiger partial charge in [0.25, 0.3) is 5.69 Å². The fourth-order valence-corrected chi connectivity index (χ4v) is 5.62. The van der Waals surface area contributed by atoms with Gasteiger partial charge >= 0.3 is 7.60 Å². The molecule has 1 atom stereocenters. The van der Waals surface area contributed by atoms with Crippen molar-refractivity contribution in [2.24, 2.45) is 0 Å². The molecule has 0 fully saturated rings. The Morgan fingerprint density at radius 1 is 1.10 bits per heavy atom. The number of thioether (sulfide) groups is 1. The van der Waals surface area contributed by atoms with Gasteiger partial charge in [-0.25, -0.2) is 0 Å². The minimum absolute atomic E-state index is 0.0970. The predicted octanol–water partition coefficient (Wildman–Crippen LogP) is 5.38. The van der Waals surface area contributed by atoms with Crippen LogP contribution in [0.5, 0.6) is 0 Å². The largest absolute Gasteiger partial charge is 0.351 e. The highest BCUT2D eigenvalue weighted by Crippen LogP contribution is 2.59. The summed E-state index contributed by atoms with van der Waals surface area (Å²) < 4.78 is 24.4. The summed E-state index contributed by atoms with van der Waals surface area (Å²) in [5.74, 6) is 0.847. The molecule has 0 bridgehead atoms. The maximum atomic E-state index is 13.3. The van der Waals surface area contributed by atoms with Gasteiger partial charge in [-0.15, -0.1) is 0 Å². The van der Waals surface area contributed by atoms with Crippen molar-refractivity contribution in [1.82, 2.24) is 5.32 Å². The molecule has 158 valence electrons. The Morgan fingerprint density at radius 2 is 1.79 bits per heavy atom. The molecule has 1 N–H and O–H groups in total. The van der Waals surface area contributed by atoms with Crippen LogP contribution in [0, 0.1) is 10.1 Å². The molecule has 1 unspecified atom stereocenters. The summed E-state index contributed by atoms with van der Waals surface area (Å²) in [5, 5.41) is 14.2. The summed E-state index contributed by atoms with van der Waals surface area (Å²) in [4.78, 5) is 10.5. The molecule has 9 heteroatoms. The summed E-state index contributed by atoms with van der Waals surface area (Å²) in [6, 6.07) is 16.1. The van der Waals surface area contributed by atoms with Crippen LogP contribution < -0.4 is 5.32 Å². The average Bonchev–Trinajstić information content (AvgIpc) is 2.71. The van der Waals surface area contributed by atoms with Gasteiger partial charge in [0.2, 0.25) is 0 Å². The lowest BCUT2D eigenvalue weighted by Crippen LogP contribution is -2.25. The quantitative estimate of drug-likeness (QED) is 0.194. The summed E-state index contributed by atoms with van der Waals surface area (Å²) >= 11 is 1.64. The number of hydrogen-bond donors (Lipinski definition) is 1. The molecule has 0 aliphatic rings. The van der Waals surface area contributed by atoms with E-state index in [4.69, 9.17) is 9.05 Å². The summed E-state index contributed by atoms with van der Waals surface area (Å²) in [7, 11) is -3.37. The molecular weight excluding hydrogens is 411 g/mol. The van der Waals surface area contributed by atoms with Crippen molar-refractivity contribution in [3.8, 4) is 0 Å². The third-order valence-electron chi connectivity index (χ3n) is 4.02. The van der Waals surface area contributed by atoms with Gasteiger partial charge in [-0.2, -0.15) is 11.8 Å². The molecule has 0 aliphatic heterocycles. The van der Waals surface area contributed by atoms with Gasteiger partial charge in [-0.1, -0.05) is 42.5 Å². The standard InChI is InChI=1S/C20H27N2O5PS/c1-3-26-28(25,27-4-2)20(18-10-6-5-7-11-18)21-13-14-29-16-17-9-8-12-19(15-17)22(23)24/h5-12,15,20-21H,3-4,13-14,16H2,1-2H3. The molecule has 0 spiro atoms. The van der Waals surface area contributed by atoms with E-state index in [2.05, 4.69) is 5.32 Å². The molecule has 0 heterocycles. The highest BCUT2D eigenvalue weighted by Gasteiger charge is 2.36. The Labute approximate surface area is 175 Å². The van der Waals surface area contributed by atoms with Crippen LogP contribution in [-0.4, -0.2) is 30.4 Å². The summed E-state index contributed by atoms with van der Waals surface area (Å²) in [5.41, 5.74) is 1.85. The third kappa shape index (κ3) is 7.24. The van der Waals surface area contributed by atoms with Crippen molar-refractivity contribution in [2.45, 2.75) is 25.4 Å². The second kappa shape index (κ2) is 12.1. The number of hydrogen-bond acceptors (Lipinski definition) is 7. The lowest BCUT2D eigenvalue weighted by Gasteiger charge is -2.27. The second-order valence-electron chi connectivity index (χ2n) is 6.12. The van der Waals surface area contributed by atoms with Crippen LogP contribution in [0.3, 0.4) is 0 Å². The molecule has 0 aromatic heterocycles. The van der Waals surface area contributed by atoms with Crippen LogP contribution in [0.2, 0.25) is 0 Å². The molecule has 7 nitrogen and oxygen atoms in total. The van der Waals surface area contributed by atoms with E-state index in [-0.39, 0.29) is 10.6 Å². The van der Waals surface area contributed by atoms with Gasteiger partial charge in [0.1, 0.15) is 5.78 Å². The second-order valence-corrected chi connectivity index (χ2v) is 9.34. The fourth-order valence-electron chi connectivity index (χ4n) is 2.81. The van der Waals surface area contributed by atoms with E-state index >= 15 is 0 Å². The number of nitro benzene ring substituents is 1. The van der Waals surface area contributed by atoms with E-state index in [1.165, 1.54) is 6.07 Å². The Balaban J connectivity index is 1.97. The molecular formula is C20H27N2O5PS. The maximum absolute atomic E-state index is 13.3. The first-order valence-electron chi connectivity index (χ1n) is 9.48. The lowest BCUT2D eigenvalue weighted by atomic mass is 10.2. The number of nitrogens with zero attached hydrogens (tertiary/aromatic N) is 1. The number of benzene rings is 2. The first-order chi connectivity index (χ1) is 14.0. The van der Waals surface area contributed by atoms with E-state index < -0.39 is 13.4 Å². The van der Waals surface area contributed by atoms with Crippen molar-refractivity contribution < 1.29 is 18.5 Å². The Kier molecular flexibility index (Phi) is 9.84. The minimum Gasteiger partial charge on any atom is -0.308 e. The SMILES string of the molecule is CCOP(=O)(OCC)C(NCCSCc1cccc([N+](=O)[O-])c1)c1ccccc1. The normalized spacial score (nSPS) is 12.6. The summed E-state index contributed by atoms with van der Waals surface area (Å²) in [6.45, 7) is 4.77. The highest BCUT2D eigenvalue weighted by molar-refractivity contribution is 7.98. The van der Waals surface area contributed by atoms with Gasteiger partial charge in [-0.3, -0.25) is 20.0 Å². The molecule has 2 aromatic rings. The zero-order valence-corrected chi connectivity index (χ0v) is 18.4. The van der Waals surface area contributed by atoms with Gasteiger partial charge in [0.05, 0.1) is 18.1 Å². The highest BCUT2D eigenvalue weighted by atomic mass is 32.2. The van der Waals surface area contributed by atoms with Crippen LogP contribution in [0.4, 0.5) is 5.69 Å². The lowest BCUT2D eigenvalue weighted by molar-refractivity contribution is -0.384. The molecule has 2 rings (SSSR count). The smallest absolute Gasteiger partial charge is 0.308 e. The van der Waals surface area contributed by atoms with Gasteiger partial charge < -0.3 is 9.05 Å². The molecule has 0 saturated heterocycles. The van der Waals surface area contributed by atoms with E-state index in [1.54, 1.807) is 37.7 Å². The van der Waals surface area contributed by atoms with Crippen molar-refractivity contribution in [2.75, 3.05) is 25.5 Å². The van der Waals surface area contributed by atoms with Gasteiger partial charge in [0.15, 0.2) is 0 Å². The van der Waals surface area contributed by atoms with E-state index in [0.29, 0.717) is 25.5 Å². The number of nitro groups is 1. The Morgan fingerprint density at radius 3 is 2.41 bits per heavy atom. The van der Waals surface area contributed by atoms with Crippen LogP contribution >= 0.6 is 19.4 Å². The zero-order chi connectivity index (χ0) is 21.1. The first-order valence-corrected chi connectivity index (χ1v) is 12.2. The fraction of sp³-hybridized carbons (Fsp3) is 0.400. The van der Waals surface area contributed by atoms with Crippen molar-refractivity contribution >= 4 is 25.0 Å². The third-order valence-corrected chi connectivity index (χ3v) is 7.40. The van der Waals surface area contributed by atoms with E-state index in [0.717, 1.165) is 16.9 Å². The van der Waals surface area contributed by atoms with E-state index in [9.17, 15) is 14.7 Å². The monoisotopic (exact) mass is 438 g/mol. The maximum Gasteiger partial charge on any atom is 0.351 e. The average molecular weight is 438 g/mol. The van der Waals surface area contributed by atoms with Crippen LogP contribution in [0.1, 0.15) is 30.8 Å². The number of rotatable bonds is 13. The van der Waals surface area contributed by atoms with Crippen LogP contribution in [-0.2, 0) is 19.4 Å². The van der Waals surface area contributed by atoms with Crippen LogP contribution in [0.15, 0.2) is 54.6 Å². The minimum atomic E-state index is -3.37.